The molecule has 0 spiro atoms. The molecule has 1 saturated carbocycles. The summed E-state index contributed by atoms with van der Waals surface area (Å²) in [5, 5.41) is 5.84. The van der Waals surface area contributed by atoms with Crippen LogP contribution >= 0.6 is 0 Å². The minimum absolute atomic E-state index is 0.0116. The molecule has 0 atom stereocenters. The summed E-state index contributed by atoms with van der Waals surface area (Å²) in [4.78, 5) is 20.8. The molecule has 0 aliphatic heterocycles. The molecule has 0 aromatic rings. The monoisotopic (exact) mass is 170 g/mol. The van der Waals surface area contributed by atoms with Crippen molar-refractivity contribution < 1.29 is 4.79 Å². The molecular formula is C8H14N2O2. The normalized spacial score (nSPS) is 29.4. The number of amides is 1. The molecule has 0 bridgehead atoms. The first kappa shape index (κ1) is 9.16. The molecule has 68 valence electrons. The number of hydrogen-bond acceptors (Lipinski definition) is 3. The van der Waals surface area contributed by atoms with Gasteiger partial charge in [-0.2, -0.15) is 4.91 Å². The molecule has 0 unspecified atom stereocenters. The van der Waals surface area contributed by atoms with Gasteiger partial charge in [0.1, 0.15) is 0 Å². The Kier molecular flexibility index (Phi) is 3.19. The Balaban J connectivity index is 2.26. The van der Waals surface area contributed by atoms with E-state index in [0.29, 0.717) is 0 Å². The Hall–Kier alpha value is -0.930. The first-order valence-corrected chi connectivity index (χ1v) is 4.32. The second-order valence-corrected chi connectivity index (χ2v) is 3.31. The van der Waals surface area contributed by atoms with E-state index in [1.54, 1.807) is 0 Å². The molecule has 4 nitrogen and oxygen atoms in total. The summed E-state index contributed by atoms with van der Waals surface area (Å²) >= 11 is 0. The molecule has 12 heavy (non-hydrogen) atoms. The van der Waals surface area contributed by atoms with E-state index in [-0.39, 0.29) is 18.0 Å². The maximum Gasteiger partial charge on any atom is 0.217 e. The van der Waals surface area contributed by atoms with E-state index >= 15 is 0 Å². The first-order chi connectivity index (χ1) is 5.72. The van der Waals surface area contributed by atoms with Crippen molar-refractivity contribution in [2.24, 2.45) is 5.18 Å². The number of nitrogens with one attached hydrogen (secondary N) is 1. The summed E-state index contributed by atoms with van der Waals surface area (Å²) in [5.74, 6) is 0.0116. The van der Waals surface area contributed by atoms with Crippen LogP contribution in [0.4, 0.5) is 0 Å². The number of nitrogens with zero attached hydrogens (tertiary/aromatic N) is 1. The Morgan fingerprint density at radius 2 is 1.92 bits per heavy atom. The third kappa shape index (κ3) is 2.60. The zero-order valence-corrected chi connectivity index (χ0v) is 7.25. The van der Waals surface area contributed by atoms with Crippen LogP contribution in [-0.4, -0.2) is 18.0 Å². The molecular weight excluding hydrogens is 156 g/mol. The second-order valence-electron chi connectivity index (χ2n) is 3.31. The SMILES string of the molecule is CC(=O)NC1CCC(N=O)CC1. The Morgan fingerprint density at radius 3 is 2.33 bits per heavy atom. The highest BCUT2D eigenvalue weighted by atomic mass is 16.3. The minimum Gasteiger partial charge on any atom is -0.354 e. The lowest BCUT2D eigenvalue weighted by molar-refractivity contribution is -0.119. The van der Waals surface area contributed by atoms with Gasteiger partial charge in [0.05, 0.1) is 6.04 Å². The summed E-state index contributed by atoms with van der Waals surface area (Å²) in [6.45, 7) is 1.52. The van der Waals surface area contributed by atoms with Crippen LogP contribution in [-0.2, 0) is 4.79 Å². The molecule has 1 amide bonds. The first-order valence-electron chi connectivity index (χ1n) is 4.32. The molecule has 0 saturated heterocycles. The number of rotatable bonds is 2. The summed E-state index contributed by atoms with van der Waals surface area (Å²) in [6, 6.07) is 0.246. The topological polar surface area (TPSA) is 58.5 Å². The van der Waals surface area contributed by atoms with Crippen molar-refractivity contribution in [3.63, 3.8) is 0 Å². The fourth-order valence-electron chi connectivity index (χ4n) is 1.61. The van der Waals surface area contributed by atoms with Gasteiger partial charge in [0.15, 0.2) is 0 Å². The lowest BCUT2D eigenvalue weighted by atomic mass is 9.92. The third-order valence-corrected chi connectivity index (χ3v) is 2.25. The largest absolute Gasteiger partial charge is 0.354 e. The standard InChI is InChI=1S/C8H14N2O2/c1-6(11)9-7-2-4-8(10-12)5-3-7/h7-8H,2-5H2,1H3,(H,9,11). The molecule has 0 aromatic heterocycles. The molecule has 4 heteroatoms. The van der Waals surface area contributed by atoms with Gasteiger partial charge in [0, 0.05) is 13.0 Å². The predicted octanol–water partition coefficient (Wildman–Crippen LogP) is 1.20. The van der Waals surface area contributed by atoms with E-state index < -0.39 is 0 Å². The minimum atomic E-state index is -0.0185. The number of nitroso groups, excluding NO2 is 1. The molecule has 0 radical (unpaired) electrons. The lowest BCUT2D eigenvalue weighted by Gasteiger charge is -2.24. The zero-order chi connectivity index (χ0) is 8.97. The lowest BCUT2D eigenvalue weighted by Crippen LogP contribution is -2.36. The molecule has 0 aromatic carbocycles. The summed E-state index contributed by atoms with van der Waals surface area (Å²) < 4.78 is 0. The Bertz CT molecular complexity index is 174. The van der Waals surface area contributed by atoms with Crippen LogP contribution in [0.2, 0.25) is 0 Å². The fraction of sp³-hybridized carbons (Fsp3) is 0.875. The highest BCUT2D eigenvalue weighted by Gasteiger charge is 2.21. The van der Waals surface area contributed by atoms with Gasteiger partial charge >= 0.3 is 0 Å². The van der Waals surface area contributed by atoms with E-state index in [4.69, 9.17) is 0 Å². The molecule has 1 aliphatic carbocycles. The third-order valence-electron chi connectivity index (χ3n) is 2.25. The number of hydrogen-bond donors (Lipinski definition) is 1. The van der Waals surface area contributed by atoms with Crippen molar-refractivity contribution in [2.75, 3.05) is 0 Å². The van der Waals surface area contributed by atoms with Gasteiger partial charge in [0.2, 0.25) is 5.91 Å². The van der Waals surface area contributed by atoms with Gasteiger partial charge in [-0.15, -0.1) is 0 Å². The van der Waals surface area contributed by atoms with Gasteiger partial charge in [-0.1, -0.05) is 5.18 Å². The highest BCUT2D eigenvalue weighted by Crippen LogP contribution is 2.20. The molecule has 1 rings (SSSR count). The van der Waals surface area contributed by atoms with Gasteiger partial charge in [-0.3, -0.25) is 4.79 Å². The van der Waals surface area contributed by atoms with Crippen LogP contribution in [0.25, 0.3) is 0 Å². The van der Waals surface area contributed by atoms with Gasteiger partial charge in [0.25, 0.3) is 0 Å². The average molecular weight is 170 g/mol. The van der Waals surface area contributed by atoms with Crippen LogP contribution in [0.15, 0.2) is 5.18 Å². The quantitative estimate of drug-likeness (QED) is 0.633. The van der Waals surface area contributed by atoms with E-state index in [0.717, 1.165) is 25.7 Å². The van der Waals surface area contributed by atoms with E-state index in [1.807, 2.05) is 0 Å². The Morgan fingerprint density at radius 1 is 1.33 bits per heavy atom. The van der Waals surface area contributed by atoms with Crippen molar-refractivity contribution in [3.05, 3.63) is 4.91 Å². The molecule has 0 heterocycles. The van der Waals surface area contributed by atoms with Crippen molar-refractivity contribution in [1.29, 1.82) is 0 Å². The smallest absolute Gasteiger partial charge is 0.217 e. The van der Waals surface area contributed by atoms with Crippen LogP contribution in [0.1, 0.15) is 32.6 Å². The highest BCUT2D eigenvalue weighted by molar-refractivity contribution is 5.73. The van der Waals surface area contributed by atoms with E-state index in [9.17, 15) is 9.70 Å². The van der Waals surface area contributed by atoms with E-state index in [1.165, 1.54) is 6.92 Å². The Labute approximate surface area is 71.7 Å². The maximum absolute atomic E-state index is 10.7. The fourth-order valence-corrected chi connectivity index (χ4v) is 1.61. The summed E-state index contributed by atoms with van der Waals surface area (Å²) in [6.07, 6.45) is 3.40. The zero-order valence-electron chi connectivity index (χ0n) is 7.25. The van der Waals surface area contributed by atoms with Gasteiger partial charge < -0.3 is 5.32 Å². The predicted molar refractivity (Wildman–Crippen MR) is 45.7 cm³/mol. The van der Waals surface area contributed by atoms with Crippen molar-refractivity contribution in [1.82, 2.24) is 5.32 Å². The van der Waals surface area contributed by atoms with Crippen molar-refractivity contribution >= 4 is 5.91 Å². The van der Waals surface area contributed by atoms with Crippen LogP contribution in [0.5, 0.6) is 0 Å². The number of carbonyl (C=O) groups excluding carboxylic acids is 1. The maximum atomic E-state index is 10.7. The average Bonchev–Trinajstić information content (AvgIpc) is 2.05. The van der Waals surface area contributed by atoms with Gasteiger partial charge in [-0.25, -0.2) is 0 Å². The summed E-state index contributed by atoms with van der Waals surface area (Å²) in [5.41, 5.74) is 0. The van der Waals surface area contributed by atoms with Crippen LogP contribution in [0.3, 0.4) is 0 Å². The molecule has 1 N–H and O–H groups in total. The number of carbonyl (C=O) groups is 1. The summed E-state index contributed by atoms with van der Waals surface area (Å²) in [7, 11) is 0. The van der Waals surface area contributed by atoms with Crippen molar-refractivity contribution in [2.45, 2.75) is 44.7 Å². The molecule has 1 aliphatic rings. The second kappa shape index (κ2) is 4.18. The van der Waals surface area contributed by atoms with Crippen LogP contribution in [0, 0.1) is 4.91 Å². The van der Waals surface area contributed by atoms with Crippen LogP contribution < -0.4 is 5.32 Å². The van der Waals surface area contributed by atoms with Gasteiger partial charge in [-0.05, 0) is 25.7 Å². The van der Waals surface area contributed by atoms with Crippen molar-refractivity contribution in [3.8, 4) is 0 Å². The van der Waals surface area contributed by atoms with E-state index in [2.05, 4.69) is 10.5 Å². The molecule has 1 fully saturated rings.